The quantitative estimate of drug-likeness (QED) is 0.658. The molecule has 3 rings (SSSR count). The lowest BCUT2D eigenvalue weighted by molar-refractivity contribution is 0.996. The number of imidazole rings is 1. The van der Waals surface area contributed by atoms with Crippen molar-refractivity contribution in [2.75, 3.05) is 0 Å². The summed E-state index contributed by atoms with van der Waals surface area (Å²) in [7, 11) is 0. The van der Waals surface area contributed by atoms with Crippen LogP contribution in [0, 0.1) is 13.8 Å². The first kappa shape index (κ1) is 12.6. The van der Waals surface area contributed by atoms with E-state index >= 15 is 0 Å². The van der Waals surface area contributed by atoms with Crippen LogP contribution in [0.1, 0.15) is 11.4 Å². The average molecular weight is 337 g/mol. The third-order valence-corrected chi connectivity index (χ3v) is 4.58. The number of aromatic nitrogens is 3. The van der Waals surface area contributed by atoms with Gasteiger partial charge in [-0.1, -0.05) is 29.8 Å². The summed E-state index contributed by atoms with van der Waals surface area (Å²) in [4.78, 5) is 9.03. The van der Waals surface area contributed by atoms with E-state index in [4.69, 9.17) is 11.6 Å². The second kappa shape index (κ2) is 4.62. The Morgan fingerprint density at radius 2 is 1.89 bits per heavy atom. The summed E-state index contributed by atoms with van der Waals surface area (Å²) in [5.41, 5.74) is 3.76. The summed E-state index contributed by atoms with van der Waals surface area (Å²) in [6.07, 6.45) is 1.96. The fourth-order valence-electron chi connectivity index (χ4n) is 2.06. The zero-order valence-electron chi connectivity index (χ0n) is 10.5. The summed E-state index contributed by atoms with van der Waals surface area (Å²) < 4.78 is 2.97. The minimum absolute atomic E-state index is 0.688. The van der Waals surface area contributed by atoms with E-state index in [1.807, 2.05) is 48.7 Å². The van der Waals surface area contributed by atoms with Crippen molar-refractivity contribution >= 4 is 33.3 Å². The van der Waals surface area contributed by atoms with Gasteiger partial charge in [-0.05, 0) is 35.8 Å². The number of hydrogen-bond acceptors (Lipinski definition) is 2. The number of rotatable bonds is 1. The molecule has 0 unspecified atom stereocenters. The maximum atomic E-state index is 6.21. The molecule has 96 valence electrons. The highest BCUT2D eigenvalue weighted by molar-refractivity contribution is 9.10. The Kier molecular flexibility index (Phi) is 3.07. The second-order valence-corrected chi connectivity index (χ2v) is 5.57. The maximum absolute atomic E-state index is 6.21. The summed E-state index contributed by atoms with van der Waals surface area (Å²) in [5.74, 6) is 0.688. The number of hydrogen-bond donors (Lipinski definition) is 0. The molecule has 2 aromatic heterocycles. The normalized spacial score (nSPS) is 11.2. The van der Waals surface area contributed by atoms with Gasteiger partial charge in [0, 0.05) is 17.5 Å². The van der Waals surface area contributed by atoms with E-state index in [-0.39, 0.29) is 0 Å². The molecule has 0 fully saturated rings. The van der Waals surface area contributed by atoms with Crippen LogP contribution in [-0.4, -0.2) is 14.4 Å². The van der Waals surface area contributed by atoms with Crippen LogP contribution in [0.25, 0.3) is 17.0 Å². The van der Waals surface area contributed by atoms with Gasteiger partial charge in [0.05, 0.1) is 20.9 Å². The Bertz CT molecular complexity index is 780. The molecule has 5 heteroatoms. The maximum Gasteiger partial charge on any atom is 0.234 e. The van der Waals surface area contributed by atoms with E-state index in [1.165, 1.54) is 0 Å². The lowest BCUT2D eigenvalue weighted by Crippen LogP contribution is -1.97. The highest BCUT2D eigenvalue weighted by Gasteiger charge is 2.12. The molecule has 0 saturated carbocycles. The molecule has 0 atom stereocenters. The fourth-order valence-corrected chi connectivity index (χ4v) is 2.57. The lowest BCUT2D eigenvalue weighted by Gasteiger charge is -2.04. The minimum Gasteiger partial charge on any atom is -0.287 e. The summed E-state index contributed by atoms with van der Waals surface area (Å²) in [6, 6.07) is 7.68. The molecule has 0 radical (unpaired) electrons. The van der Waals surface area contributed by atoms with E-state index in [0.717, 1.165) is 27.1 Å². The topological polar surface area (TPSA) is 30.2 Å². The Labute approximate surface area is 124 Å². The van der Waals surface area contributed by atoms with E-state index in [0.29, 0.717) is 10.8 Å². The van der Waals surface area contributed by atoms with Crippen molar-refractivity contribution in [3.05, 3.63) is 51.3 Å². The van der Waals surface area contributed by atoms with E-state index in [9.17, 15) is 0 Å². The number of halogens is 2. The standard InChI is InChI=1S/C14H11BrClN3/c1-8-13(15)9(2)19-7-12(18-14(19)17-8)10-5-3-4-6-11(10)16/h3-7H,1-2H3. The predicted octanol–water partition coefficient (Wildman–Crippen LogP) is 4.43. The molecule has 0 saturated heterocycles. The highest BCUT2D eigenvalue weighted by Crippen LogP contribution is 2.28. The van der Waals surface area contributed by atoms with Crippen LogP contribution in [0.5, 0.6) is 0 Å². The van der Waals surface area contributed by atoms with Gasteiger partial charge in [-0.2, -0.15) is 0 Å². The fraction of sp³-hybridized carbons (Fsp3) is 0.143. The SMILES string of the molecule is Cc1nc2nc(-c3ccccc3Cl)cn2c(C)c1Br. The van der Waals surface area contributed by atoms with Gasteiger partial charge in [-0.25, -0.2) is 9.97 Å². The van der Waals surface area contributed by atoms with Crippen LogP contribution < -0.4 is 0 Å². The first-order valence-electron chi connectivity index (χ1n) is 5.84. The van der Waals surface area contributed by atoms with Crippen molar-refractivity contribution in [1.29, 1.82) is 0 Å². The molecule has 2 heterocycles. The van der Waals surface area contributed by atoms with Crippen LogP contribution in [0.3, 0.4) is 0 Å². The molecule has 0 bridgehead atoms. The van der Waals surface area contributed by atoms with Crippen molar-refractivity contribution in [3.8, 4) is 11.3 Å². The Morgan fingerprint density at radius 3 is 2.63 bits per heavy atom. The molecule has 3 aromatic rings. The highest BCUT2D eigenvalue weighted by atomic mass is 79.9. The summed E-state index contributed by atoms with van der Waals surface area (Å²) >= 11 is 9.75. The lowest BCUT2D eigenvalue weighted by atomic mass is 10.2. The molecule has 3 nitrogen and oxygen atoms in total. The van der Waals surface area contributed by atoms with Crippen molar-refractivity contribution < 1.29 is 0 Å². The number of aryl methyl sites for hydroxylation is 2. The molecule has 0 amide bonds. The third-order valence-electron chi connectivity index (χ3n) is 3.10. The smallest absolute Gasteiger partial charge is 0.234 e. The molecule has 19 heavy (non-hydrogen) atoms. The summed E-state index contributed by atoms with van der Waals surface area (Å²) in [5, 5.41) is 0.694. The minimum atomic E-state index is 0.688. The molecule has 1 aromatic carbocycles. The summed E-state index contributed by atoms with van der Waals surface area (Å²) in [6.45, 7) is 3.99. The van der Waals surface area contributed by atoms with Crippen molar-refractivity contribution in [3.63, 3.8) is 0 Å². The van der Waals surface area contributed by atoms with Gasteiger partial charge in [0.1, 0.15) is 0 Å². The van der Waals surface area contributed by atoms with Crippen molar-refractivity contribution in [1.82, 2.24) is 14.4 Å². The van der Waals surface area contributed by atoms with Gasteiger partial charge in [0.2, 0.25) is 5.78 Å². The second-order valence-electron chi connectivity index (χ2n) is 4.37. The Hall–Kier alpha value is -1.39. The number of fused-ring (bicyclic) bond motifs is 1. The third kappa shape index (κ3) is 2.05. The van der Waals surface area contributed by atoms with Crippen LogP contribution in [-0.2, 0) is 0 Å². The molecule has 0 aliphatic rings. The molecular formula is C14H11BrClN3. The van der Waals surface area contributed by atoms with Crippen molar-refractivity contribution in [2.45, 2.75) is 13.8 Å². The van der Waals surface area contributed by atoms with Crippen LogP contribution in [0.2, 0.25) is 5.02 Å². The molecule has 0 N–H and O–H groups in total. The van der Waals surface area contributed by atoms with Gasteiger partial charge in [0.25, 0.3) is 0 Å². The van der Waals surface area contributed by atoms with Crippen LogP contribution in [0.4, 0.5) is 0 Å². The first-order chi connectivity index (χ1) is 9.08. The van der Waals surface area contributed by atoms with Gasteiger partial charge in [-0.3, -0.25) is 4.40 Å². The van der Waals surface area contributed by atoms with Gasteiger partial charge < -0.3 is 0 Å². The number of benzene rings is 1. The van der Waals surface area contributed by atoms with Gasteiger partial charge in [0.15, 0.2) is 0 Å². The van der Waals surface area contributed by atoms with Crippen LogP contribution in [0.15, 0.2) is 34.9 Å². The van der Waals surface area contributed by atoms with E-state index in [1.54, 1.807) is 0 Å². The Balaban J connectivity index is 2.29. The first-order valence-corrected chi connectivity index (χ1v) is 7.01. The molecular weight excluding hydrogens is 326 g/mol. The monoisotopic (exact) mass is 335 g/mol. The molecule has 0 spiro atoms. The molecule has 0 aliphatic heterocycles. The van der Waals surface area contributed by atoms with Crippen LogP contribution >= 0.6 is 27.5 Å². The van der Waals surface area contributed by atoms with E-state index in [2.05, 4.69) is 25.9 Å². The zero-order chi connectivity index (χ0) is 13.6. The van der Waals surface area contributed by atoms with Crippen molar-refractivity contribution in [2.24, 2.45) is 0 Å². The average Bonchev–Trinajstić information content (AvgIpc) is 2.80. The number of nitrogens with zero attached hydrogens (tertiary/aromatic N) is 3. The van der Waals surface area contributed by atoms with E-state index < -0.39 is 0 Å². The van der Waals surface area contributed by atoms with Gasteiger partial charge in [-0.15, -0.1) is 0 Å². The van der Waals surface area contributed by atoms with Gasteiger partial charge >= 0.3 is 0 Å². The largest absolute Gasteiger partial charge is 0.287 e. The Morgan fingerprint density at radius 1 is 1.16 bits per heavy atom. The predicted molar refractivity (Wildman–Crippen MR) is 80.6 cm³/mol. The molecule has 0 aliphatic carbocycles. The zero-order valence-corrected chi connectivity index (χ0v) is 12.8.